The topological polar surface area (TPSA) is 64.6 Å². The Morgan fingerprint density at radius 3 is 2.00 bits per heavy atom. The van der Waals surface area contributed by atoms with E-state index in [2.05, 4.69) is 44.1 Å². The number of rotatable bonds is 6. The molecule has 0 atom stereocenters. The van der Waals surface area contributed by atoms with E-state index in [0.29, 0.717) is 29.0 Å². The predicted molar refractivity (Wildman–Crippen MR) is 117 cm³/mol. The third-order valence-corrected chi connectivity index (χ3v) is 6.10. The number of hydrogen-bond acceptors (Lipinski definition) is 4. The van der Waals surface area contributed by atoms with Gasteiger partial charge in [0.1, 0.15) is 5.75 Å². The van der Waals surface area contributed by atoms with Crippen molar-refractivity contribution in [3.8, 4) is 5.75 Å². The first-order chi connectivity index (χ1) is 14.1. The van der Waals surface area contributed by atoms with Crippen molar-refractivity contribution < 1.29 is 19.2 Å². The summed E-state index contributed by atoms with van der Waals surface area (Å²) in [6.07, 6.45) is 2.16. The van der Waals surface area contributed by atoms with Crippen LogP contribution >= 0.6 is 0 Å². The largest absolute Gasteiger partial charge is 0.493 e. The van der Waals surface area contributed by atoms with E-state index in [1.807, 2.05) is 13.0 Å². The van der Waals surface area contributed by atoms with Crippen molar-refractivity contribution in [1.29, 1.82) is 0 Å². The van der Waals surface area contributed by atoms with Gasteiger partial charge >= 0.3 is 0 Å². The van der Waals surface area contributed by atoms with E-state index < -0.39 is 0 Å². The van der Waals surface area contributed by atoms with Crippen molar-refractivity contribution in [3.05, 3.63) is 64.2 Å². The maximum absolute atomic E-state index is 13.4. The Morgan fingerprint density at radius 1 is 0.933 bits per heavy atom. The molecule has 0 spiro atoms. The van der Waals surface area contributed by atoms with Gasteiger partial charge in [0.05, 0.1) is 19.3 Å². The van der Waals surface area contributed by atoms with Gasteiger partial charge in [0.15, 0.2) is 5.78 Å². The number of benzene rings is 2. The van der Waals surface area contributed by atoms with Crippen LogP contribution in [0.25, 0.3) is 0 Å². The molecule has 1 amide bonds. The standard InChI is InChI=1S/C25H31NO4/c1-7-30-21-15-20-19(24(2,3)12-13-25(20,4)5)14-18(21)22(27)16-8-10-17(11-9-16)23(28)26-29-6/h8-11,14-15H,7,12-13H2,1-6H3,(H,26,28). The Kier molecular flexibility index (Phi) is 6.04. The molecule has 0 heterocycles. The van der Waals surface area contributed by atoms with Gasteiger partial charge in [-0.15, -0.1) is 0 Å². The van der Waals surface area contributed by atoms with E-state index in [4.69, 9.17) is 4.74 Å². The fourth-order valence-electron chi connectivity index (χ4n) is 4.13. The van der Waals surface area contributed by atoms with E-state index in [0.717, 1.165) is 12.8 Å². The third-order valence-electron chi connectivity index (χ3n) is 6.10. The zero-order chi connectivity index (χ0) is 22.1. The Bertz CT molecular complexity index is 958. The number of carbonyl (C=O) groups excluding carboxylic acids is 2. The van der Waals surface area contributed by atoms with E-state index in [9.17, 15) is 9.59 Å². The third kappa shape index (κ3) is 4.12. The molecular formula is C25H31NO4. The number of hydroxylamine groups is 1. The fourth-order valence-corrected chi connectivity index (χ4v) is 4.13. The highest BCUT2D eigenvalue weighted by Gasteiger charge is 2.38. The minimum absolute atomic E-state index is 0.00722. The molecule has 1 N–H and O–H groups in total. The van der Waals surface area contributed by atoms with E-state index in [-0.39, 0.29) is 22.5 Å². The summed E-state index contributed by atoms with van der Waals surface area (Å²) in [4.78, 5) is 29.9. The van der Waals surface area contributed by atoms with Gasteiger partial charge in [-0.1, -0.05) is 39.8 Å². The number of nitrogens with one attached hydrogen (secondary N) is 1. The molecule has 0 aromatic heterocycles. The molecule has 0 saturated carbocycles. The quantitative estimate of drug-likeness (QED) is 0.541. The van der Waals surface area contributed by atoms with Gasteiger partial charge in [-0.05, 0) is 66.0 Å². The molecule has 2 aromatic carbocycles. The molecule has 0 bridgehead atoms. The van der Waals surface area contributed by atoms with Crippen LogP contribution in [-0.4, -0.2) is 25.4 Å². The lowest BCUT2D eigenvalue weighted by Crippen LogP contribution is -2.34. The number of amides is 1. The molecule has 0 aliphatic heterocycles. The van der Waals surface area contributed by atoms with E-state index in [1.165, 1.54) is 18.2 Å². The Hall–Kier alpha value is -2.66. The number of ether oxygens (including phenoxy) is 1. The van der Waals surface area contributed by atoms with Crippen molar-refractivity contribution in [2.75, 3.05) is 13.7 Å². The lowest BCUT2D eigenvalue weighted by molar-refractivity contribution is 0.0537. The molecule has 30 heavy (non-hydrogen) atoms. The Morgan fingerprint density at radius 2 is 1.47 bits per heavy atom. The van der Waals surface area contributed by atoms with Crippen molar-refractivity contribution >= 4 is 11.7 Å². The molecular weight excluding hydrogens is 378 g/mol. The molecule has 1 aliphatic carbocycles. The lowest BCUT2D eigenvalue weighted by Gasteiger charge is -2.42. The van der Waals surface area contributed by atoms with E-state index >= 15 is 0 Å². The number of hydrogen-bond donors (Lipinski definition) is 1. The highest BCUT2D eigenvalue weighted by Crippen LogP contribution is 2.47. The minimum Gasteiger partial charge on any atom is -0.493 e. The number of carbonyl (C=O) groups is 2. The van der Waals surface area contributed by atoms with Crippen LogP contribution in [0.1, 0.15) is 84.9 Å². The zero-order valence-electron chi connectivity index (χ0n) is 18.7. The smallest absolute Gasteiger partial charge is 0.274 e. The maximum atomic E-state index is 13.4. The summed E-state index contributed by atoms with van der Waals surface area (Å²) in [5, 5.41) is 0. The van der Waals surface area contributed by atoms with Gasteiger partial charge < -0.3 is 4.74 Å². The molecule has 0 radical (unpaired) electrons. The molecule has 2 aromatic rings. The maximum Gasteiger partial charge on any atom is 0.274 e. The molecule has 5 nitrogen and oxygen atoms in total. The monoisotopic (exact) mass is 409 g/mol. The van der Waals surface area contributed by atoms with Crippen LogP contribution in [0.5, 0.6) is 5.75 Å². The van der Waals surface area contributed by atoms with Gasteiger partial charge in [-0.3, -0.25) is 14.4 Å². The number of ketones is 1. The second-order valence-corrected chi connectivity index (χ2v) is 9.14. The second kappa shape index (κ2) is 8.23. The van der Waals surface area contributed by atoms with Crippen LogP contribution in [0.15, 0.2) is 36.4 Å². The van der Waals surface area contributed by atoms with Gasteiger partial charge in [-0.25, -0.2) is 5.48 Å². The predicted octanol–water partition coefficient (Wildman–Crippen LogP) is 4.96. The summed E-state index contributed by atoms with van der Waals surface area (Å²) in [6.45, 7) is 11.4. The van der Waals surface area contributed by atoms with Gasteiger partial charge in [0.2, 0.25) is 0 Å². The lowest BCUT2D eigenvalue weighted by atomic mass is 9.62. The molecule has 1 aliphatic rings. The van der Waals surface area contributed by atoms with Crippen molar-refractivity contribution in [3.63, 3.8) is 0 Å². The average Bonchev–Trinajstić information content (AvgIpc) is 2.71. The van der Waals surface area contributed by atoms with Crippen LogP contribution < -0.4 is 10.2 Å². The summed E-state index contributed by atoms with van der Waals surface area (Å²) in [6, 6.07) is 10.7. The van der Waals surface area contributed by atoms with Crippen LogP contribution in [0.2, 0.25) is 0 Å². The van der Waals surface area contributed by atoms with Crippen LogP contribution in [0.4, 0.5) is 0 Å². The molecule has 3 rings (SSSR count). The number of fused-ring (bicyclic) bond motifs is 1. The summed E-state index contributed by atoms with van der Waals surface area (Å²) in [5.41, 5.74) is 6.27. The van der Waals surface area contributed by atoms with Crippen LogP contribution in [0, 0.1) is 0 Å². The zero-order valence-corrected chi connectivity index (χ0v) is 18.7. The highest BCUT2D eigenvalue weighted by molar-refractivity contribution is 6.11. The highest BCUT2D eigenvalue weighted by atomic mass is 16.6. The normalized spacial score (nSPS) is 16.5. The van der Waals surface area contributed by atoms with Crippen molar-refractivity contribution in [2.45, 2.75) is 58.3 Å². The van der Waals surface area contributed by atoms with Crippen LogP contribution in [-0.2, 0) is 15.7 Å². The SMILES string of the molecule is CCOc1cc2c(cc1C(=O)c1ccc(C(=O)NOC)cc1)C(C)(C)CCC2(C)C. The summed E-state index contributed by atoms with van der Waals surface area (Å²) >= 11 is 0. The summed E-state index contributed by atoms with van der Waals surface area (Å²) < 4.78 is 5.90. The second-order valence-electron chi connectivity index (χ2n) is 9.14. The minimum atomic E-state index is -0.357. The summed E-state index contributed by atoms with van der Waals surface area (Å²) in [7, 11) is 1.38. The fraction of sp³-hybridized carbons (Fsp3) is 0.440. The first-order valence-electron chi connectivity index (χ1n) is 10.4. The molecule has 0 fully saturated rings. The first-order valence-corrected chi connectivity index (χ1v) is 10.4. The first kappa shape index (κ1) is 22.0. The van der Waals surface area contributed by atoms with Gasteiger partial charge in [-0.2, -0.15) is 0 Å². The summed E-state index contributed by atoms with van der Waals surface area (Å²) in [5.74, 6) is 0.150. The molecule has 0 unspecified atom stereocenters. The van der Waals surface area contributed by atoms with Gasteiger partial charge in [0.25, 0.3) is 5.91 Å². The molecule has 0 saturated heterocycles. The van der Waals surface area contributed by atoms with E-state index in [1.54, 1.807) is 24.3 Å². The molecule has 160 valence electrons. The van der Waals surface area contributed by atoms with Gasteiger partial charge in [0, 0.05) is 11.1 Å². The van der Waals surface area contributed by atoms with Crippen molar-refractivity contribution in [1.82, 2.24) is 5.48 Å². The van der Waals surface area contributed by atoms with Crippen molar-refractivity contribution in [2.24, 2.45) is 0 Å². The Balaban J connectivity index is 2.06. The Labute approximate surface area is 178 Å². The molecule has 5 heteroatoms. The average molecular weight is 410 g/mol. The van der Waals surface area contributed by atoms with Crippen LogP contribution in [0.3, 0.4) is 0 Å².